The summed E-state index contributed by atoms with van der Waals surface area (Å²) in [6.07, 6.45) is -12.0. The molecule has 34 heavy (non-hydrogen) atoms. The van der Waals surface area contributed by atoms with Crippen LogP contribution in [0.25, 0.3) is 0 Å². The van der Waals surface area contributed by atoms with Gasteiger partial charge in [0.1, 0.15) is 10.6 Å². The summed E-state index contributed by atoms with van der Waals surface area (Å²) in [5, 5.41) is 9.74. The Morgan fingerprint density at radius 3 is 2.06 bits per heavy atom. The molecule has 4 nitrogen and oxygen atoms in total. The Morgan fingerprint density at radius 1 is 1.00 bits per heavy atom. The fourth-order valence-corrected chi connectivity index (χ4v) is 7.87. The smallest absolute Gasteiger partial charge is 0.369 e. The Labute approximate surface area is 196 Å². The van der Waals surface area contributed by atoms with Crippen molar-refractivity contribution in [1.29, 1.82) is 0 Å². The third-order valence-electron chi connectivity index (χ3n) is 6.79. The lowest BCUT2D eigenvalue weighted by atomic mass is 9.84. The van der Waals surface area contributed by atoms with Crippen LogP contribution in [0.3, 0.4) is 0 Å². The number of aryl methyl sites for hydroxylation is 1. The Hall–Kier alpha value is -1.89. The summed E-state index contributed by atoms with van der Waals surface area (Å²) in [6.45, 7) is -0.0820. The summed E-state index contributed by atoms with van der Waals surface area (Å²) >= 11 is 0. The Morgan fingerprint density at radius 2 is 1.56 bits per heavy atom. The second-order valence-corrected chi connectivity index (χ2v) is 10.5. The van der Waals surface area contributed by atoms with E-state index in [9.17, 15) is 44.3 Å². The zero-order valence-electron chi connectivity index (χ0n) is 17.1. The molecule has 4 rings (SSSR count). The zero-order valence-corrected chi connectivity index (χ0v) is 18.8. The van der Waals surface area contributed by atoms with Crippen molar-refractivity contribution in [2.45, 2.75) is 40.4 Å². The molecule has 1 fully saturated rings. The molecule has 0 aliphatic heterocycles. The second-order valence-electron chi connectivity index (χ2n) is 8.32. The maximum absolute atomic E-state index is 13.6. The van der Waals surface area contributed by atoms with E-state index in [1.807, 2.05) is 0 Å². The minimum atomic E-state index is -6.06. The molecule has 0 aromatic heterocycles. The highest BCUT2D eigenvalue weighted by molar-refractivity contribution is 7.92. The maximum atomic E-state index is 13.6. The Bertz CT molecular complexity index is 1180. The van der Waals surface area contributed by atoms with Gasteiger partial charge >= 0.3 is 12.4 Å². The van der Waals surface area contributed by atoms with Crippen LogP contribution in [0, 0.1) is 17.7 Å². The molecule has 0 amide bonds. The van der Waals surface area contributed by atoms with Gasteiger partial charge < -0.3 is 10.8 Å². The van der Waals surface area contributed by atoms with Crippen molar-refractivity contribution in [3.63, 3.8) is 0 Å². The van der Waals surface area contributed by atoms with Gasteiger partial charge in [0, 0.05) is 11.5 Å². The lowest BCUT2D eigenvalue weighted by Crippen LogP contribution is -2.54. The van der Waals surface area contributed by atoms with Crippen LogP contribution < -0.4 is 5.73 Å². The molecular weight excluding hydrogens is 515 g/mol. The third-order valence-corrected chi connectivity index (χ3v) is 9.40. The van der Waals surface area contributed by atoms with Crippen molar-refractivity contribution in [2.75, 3.05) is 6.54 Å². The molecule has 3 atom stereocenters. The quantitative estimate of drug-likeness (QED) is 0.451. The van der Waals surface area contributed by atoms with E-state index >= 15 is 0 Å². The minimum Gasteiger partial charge on any atom is -0.369 e. The van der Waals surface area contributed by atoms with Gasteiger partial charge in [-0.1, -0.05) is 18.2 Å². The van der Waals surface area contributed by atoms with Crippen molar-refractivity contribution < 1.29 is 44.3 Å². The van der Waals surface area contributed by atoms with Crippen LogP contribution in [0.4, 0.5) is 30.7 Å². The van der Waals surface area contributed by atoms with Crippen LogP contribution in [-0.2, 0) is 26.6 Å². The molecule has 0 bridgehead atoms. The largest absolute Gasteiger partial charge is 0.430 e. The number of aliphatic hydroxyl groups is 1. The first-order valence-electron chi connectivity index (χ1n) is 9.84. The standard InChI is InChI=1S/C21H18F7NO3S.ClH/c22-13-3-5-14(6-4-13)33(31,32)18-15-8-2-12(19(30,20(23,24)25)21(26,27)28)9-11(15)1-7-16(18)17(18)10-29;/h2-6,8-9,16-17,30H,1,7,10,29H2;1H. The summed E-state index contributed by atoms with van der Waals surface area (Å²) in [6, 6.07) is 5.91. The molecule has 1 saturated carbocycles. The van der Waals surface area contributed by atoms with Crippen molar-refractivity contribution in [3.05, 3.63) is 65.0 Å². The van der Waals surface area contributed by atoms with E-state index in [1.54, 1.807) is 0 Å². The van der Waals surface area contributed by atoms with Gasteiger partial charge in [0.2, 0.25) is 0 Å². The summed E-state index contributed by atoms with van der Waals surface area (Å²) in [7, 11) is -4.24. The molecule has 3 N–H and O–H groups in total. The van der Waals surface area contributed by atoms with E-state index in [2.05, 4.69) is 0 Å². The molecular formula is C21H19ClF7NO3S. The molecule has 188 valence electrons. The Kier molecular flexibility index (Phi) is 6.34. The fourth-order valence-electron chi connectivity index (χ4n) is 5.22. The van der Waals surface area contributed by atoms with Gasteiger partial charge in [-0.3, -0.25) is 0 Å². The molecule has 0 saturated heterocycles. The molecule has 13 heteroatoms. The summed E-state index contributed by atoms with van der Waals surface area (Å²) < 4.78 is 119. The molecule has 2 aliphatic carbocycles. The number of rotatable bonds is 4. The highest BCUT2D eigenvalue weighted by Crippen LogP contribution is 2.69. The first kappa shape index (κ1) is 26.7. The average molecular weight is 534 g/mol. The van der Waals surface area contributed by atoms with Gasteiger partial charge in [0.25, 0.3) is 5.60 Å². The van der Waals surface area contributed by atoms with Crippen LogP contribution >= 0.6 is 12.4 Å². The van der Waals surface area contributed by atoms with Gasteiger partial charge in [-0.15, -0.1) is 12.4 Å². The van der Waals surface area contributed by atoms with Crippen LogP contribution in [0.2, 0.25) is 0 Å². The maximum Gasteiger partial charge on any atom is 0.430 e. The molecule has 3 unspecified atom stereocenters. The summed E-state index contributed by atoms with van der Waals surface area (Å²) in [5.74, 6) is -1.80. The molecule has 2 aromatic carbocycles. The monoisotopic (exact) mass is 533 g/mol. The average Bonchev–Trinajstić information content (AvgIpc) is 3.41. The summed E-state index contributed by atoms with van der Waals surface area (Å²) in [5.41, 5.74) is -0.773. The van der Waals surface area contributed by atoms with Gasteiger partial charge in [-0.25, -0.2) is 12.8 Å². The molecule has 0 radical (unpaired) electrons. The first-order chi connectivity index (χ1) is 15.1. The van der Waals surface area contributed by atoms with E-state index in [4.69, 9.17) is 5.73 Å². The number of hydrogen-bond donors (Lipinski definition) is 2. The number of sulfone groups is 1. The van der Waals surface area contributed by atoms with Crippen molar-refractivity contribution in [3.8, 4) is 0 Å². The first-order valence-corrected chi connectivity index (χ1v) is 11.3. The normalized spacial score (nSPS) is 24.6. The molecule has 0 heterocycles. The second kappa shape index (κ2) is 8.07. The van der Waals surface area contributed by atoms with E-state index in [-0.39, 0.29) is 47.8 Å². The van der Waals surface area contributed by atoms with Crippen LogP contribution in [-0.4, -0.2) is 32.4 Å². The predicted molar refractivity (Wildman–Crippen MR) is 109 cm³/mol. The number of halogens is 8. The predicted octanol–water partition coefficient (Wildman–Crippen LogP) is 4.38. The minimum absolute atomic E-state index is 0. The Balaban J connectivity index is 0.00000324. The lowest BCUT2D eigenvalue weighted by molar-refractivity contribution is -0.376. The van der Waals surface area contributed by atoms with Crippen LogP contribution in [0.15, 0.2) is 47.4 Å². The van der Waals surface area contributed by atoms with Crippen molar-refractivity contribution >= 4 is 22.2 Å². The highest BCUT2D eigenvalue weighted by Gasteiger charge is 2.75. The van der Waals surface area contributed by atoms with Crippen LogP contribution in [0.5, 0.6) is 0 Å². The van der Waals surface area contributed by atoms with E-state index in [0.717, 1.165) is 30.3 Å². The van der Waals surface area contributed by atoms with Gasteiger partial charge in [-0.2, -0.15) is 26.3 Å². The zero-order chi connectivity index (χ0) is 24.6. The SMILES string of the molecule is Cl.NCC1C2CCc3cc(C(O)(C(F)(F)F)C(F)(F)F)ccc3C12S(=O)(=O)c1ccc(F)cc1. The van der Waals surface area contributed by atoms with Gasteiger partial charge in [-0.05, 0) is 60.7 Å². The number of fused-ring (bicyclic) bond motifs is 3. The van der Waals surface area contributed by atoms with Crippen molar-refractivity contribution in [2.24, 2.45) is 17.6 Å². The van der Waals surface area contributed by atoms with Gasteiger partial charge in [0.05, 0.1) is 4.90 Å². The molecule has 2 aliphatic rings. The van der Waals surface area contributed by atoms with E-state index < -0.39 is 55.8 Å². The molecule has 0 spiro atoms. The highest BCUT2D eigenvalue weighted by atomic mass is 35.5. The summed E-state index contributed by atoms with van der Waals surface area (Å²) in [4.78, 5) is -0.233. The number of hydrogen-bond acceptors (Lipinski definition) is 4. The lowest BCUT2D eigenvalue weighted by Gasteiger charge is -2.34. The fraction of sp³-hybridized carbons (Fsp3) is 0.429. The third kappa shape index (κ3) is 3.36. The van der Waals surface area contributed by atoms with E-state index in [0.29, 0.717) is 12.1 Å². The number of nitrogens with two attached hydrogens (primary N) is 1. The van der Waals surface area contributed by atoms with E-state index in [1.165, 1.54) is 0 Å². The molecule has 2 aromatic rings. The topological polar surface area (TPSA) is 80.4 Å². The van der Waals surface area contributed by atoms with Crippen molar-refractivity contribution in [1.82, 2.24) is 0 Å². The number of alkyl halides is 6. The van der Waals surface area contributed by atoms with Gasteiger partial charge in [0.15, 0.2) is 9.84 Å². The van der Waals surface area contributed by atoms with Crippen LogP contribution in [0.1, 0.15) is 23.1 Å². The number of benzene rings is 2.